The lowest BCUT2D eigenvalue weighted by atomic mass is 9.87. The largest absolute Gasteiger partial charge is 0.322 e. The van der Waals surface area contributed by atoms with Crippen LogP contribution in [0.3, 0.4) is 0 Å². The molecule has 1 aliphatic rings. The molecule has 1 aromatic carbocycles. The third kappa shape index (κ3) is 6.38. The number of nitrogens with zero attached hydrogens (tertiary/aromatic N) is 2. The van der Waals surface area contributed by atoms with E-state index in [9.17, 15) is 9.59 Å². The highest BCUT2D eigenvalue weighted by atomic mass is 16.2. The lowest BCUT2D eigenvalue weighted by Gasteiger charge is -2.18. The third-order valence-electron chi connectivity index (χ3n) is 4.89. The van der Waals surface area contributed by atoms with E-state index in [1.165, 1.54) is 5.57 Å². The number of nitrogens with one attached hydrogen (secondary N) is 3. The van der Waals surface area contributed by atoms with Crippen LogP contribution in [0.2, 0.25) is 0 Å². The van der Waals surface area contributed by atoms with Gasteiger partial charge in [-0.25, -0.2) is 0 Å². The highest BCUT2D eigenvalue weighted by molar-refractivity contribution is 6.07. The van der Waals surface area contributed by atoms with Gasteiger partial charge in [0.1, 0.15) is 5.84 Å². The van der Waals surface area contributed by atoms with E-state index in [0.29, 0.717) is 29.3 Å². The Kier molecular flexibility index (Phi) is 7.91. The van der Waals surface area contributed by atoms with Crippen molar-refractivity contribution in [2.45, 2.75) is 54.9 Å². The number of carbonyl (C=O) groups excluding carboxylic acids is 2. The molecular weight excluding hydrogens is 390 g/mol. The Morgan fingerprint density at radius 2 is 1.71 bits per heavy atom. The first kappa shape index (κ1) is 24.1. The molecule has 3 rings (SSSR count). The minimum absolute atomic E-state index is 0.0454. The molecule has 0 saturated heterocycles. The molecule has 0 aliphatic carbocycles. The van der Waals surface area contributed by atoms with Crippen molar-refractivity contribution in [3.63, 3.8) is 0 Å². The Morgan fingerprint density at radius 1 is 1.06 bits per heavy atom. The van der Waals surface area contributed by atoms with Crippen molar-refractivity contribution in [2.24, 2.45) is 10.4 Å². The number of amidine groups is 1. The predicted octanol–water partition coefficient (Wildman–Crippen LogP) is 4.35. The Labute approximate surface area is 184 Å². The fourth-order valence-electron chi connectivity index (χ4n) is 3.11. The second kappa shape index (κ2) is 10.2. The van der Waals surface area contributed by atoms with E-state index < -0.39 is 0 Å². The number of H-pyrrole nitrogens is 1. The number of amides is 2. The molecule has 0 saturated carbocycles. The minimum atomic E-state index is -0.208. The molecule has 2 aromatic rings. The number of aliphatic imine (C=N–C) groups is 1. The molecule has 0 radical (unpaired) electrons. The summed E-state index contributed by atoms with van der Waals surface area (Å²) in [7, 11) is 0. The molecule has 0 spiro atoms. The molecule has 2 amide bonds. The third-order valence-corrected chi connectivity index (χ3v) is 4.89. The number of carbonyl (C=O) groups is 2. The summed E-state index contributed by atoms with van der Waals surface area (Å²) in [6.07, 6.45) is 2.20. The summed E-state index contributed by atoms with van der Waals surface area (Å²) in [5, 5.41) is 12.6. The zero-order chi connectivity index (χ0) is 23.2. The Morgan fingerprint density at radius 3 is 2.23 bits per heavy atom. The van der Waals surface area contributed by atoms with Gasteiger partial charge in [0.15, 0.2) is 0 Å². The van der Waals surface area contributed by atoms with Gasteiger partial charge in [-0.1, -0.05) is 46.8 Å². The van der Waals surface area contributed by atoms with E-state index in [-0.39, 0.29) is 23.7 Å². The Hall–Kier alpha value is -3.22. The SMILES string of the molecule is CC.Cc1n[nH]c(C)c1C(=O)Nc1ccc(CC(=O)NC2=NCC(C(C)(C)C)=C2)cc1. The van der Waals surface area contributed by atoms with Crippen LogP contribution in [0.5, 0.6) is 0 Å². The van der Waals surface area contributed by atoms with Gasteiger partial charge >= 0.3 is 0 Å². The van der Waals surface area contributed by atoms with Gasteiger partial charge in [-0.3, -0.25) is 19.7 Å². The van der Waals surface area contributed by atoms with Gasteiger partial charge in [-0.2, -0.15) is 5.10 Å². The van der Waals surface area contributed by atoms with Crippen LogP contribution < -0.4 is 10.6 Å². The summed E-state index contributed by atoms with van der Waals surface area (Å²) in [5.74, 6) is 0.297. The molecule has 1 aromatic heterocycles. The van der Waals surface area contributed by atoms with Crippen molar-refractivity contribution in [1.82, 2.24) is 15.5 Å². The number of hydrogen-bond acceptors (Lipinski definition) is 4. The first-order valence-electron chi connectivity index (χ1n) is 10.6. The van der Waals surface area contributed by atoms with E-state index in [2.05, 4.69) is 46.6 Å². The summed E-state index contributed by atoms with van der Waals surface area (Å²) < 4.78 is 0. The monoisotopic (exact) mass is 423 g/mol. The number of benzene rings is 1. The topological polar surface area (TPSA) is 99.2 Å². The molecule has 7 nitrogen and oxygen atoms in total. The predicted molar refractivity (Wildman–Crippen MR) is 125 cm³/mol. The van der Waals surface area contributed by atoms with Crippen molar-refractivity contribution in [1.29, 1.82) is 0 Å². The van der Waals surface area contributed by atoms with Gasteiger partial charge < -0.3 is 10.6 Å². The van der Waals surface area contributed by atoms with Gasteiger partial charge in [0.05, 0.1) is 24.2 Å². The highest BCUT2D eigenvalue weighted by Gasteiger charge is 2.21. The molecule has 7 heteroatoms. The lowest BCUT2D eigenvalue weighted by Crippen LogP contribution is -2.29. The van der Waals surface area contributed by atoms with E-state index in [1.54, 1.807) is 19.1 Å². The molecule has 166 valence electrons. The molecule has 0 atom stereocenters. The van der Waals surface area contributed by atoms with Crippen LogP contribution in [0.4, 0.5) is 5.69 Å². The van der Waals surface area contributed by atoms with Gasteiger partial charge in [0.2, 0.25) is 5.91 Å². The Bertz CT molecular complexity index is 972. The maximum Gasteiger partial charge on any atom is 0.259 e. The number of hydrogen-bond donors (Lipinski definition) is 3. The molecular formula is C24H33N5O2. The molecule has 0 unspecified atom stereocenters. The first-order valence-corrected chi connectivity index (χ1v) is 10.6. The average Bonchev–Trinajstić information content (AvgIpc) is 3.31. The zero-order valence-corrected chi connectivity index (χ0v) is 19.5. The Balaban J connectivity index is 0.00000166. The molecule has 0 fully saturated rings. The van der Waals surface area contributed by atoms with Crippen molar-refractivity contribution in [3.05, 3.63) is 58.4 Å². The molecule has 0 bridgehead atoms. The van der Waals surface area contributed by atoms with E-state index in [4.69, 9.17) is 0 Å². The minimum Gasteiger partial charge on any atom is -0.322 e. The number of aromatic nitrogens is 2. The van der Waals surface area contributed by atoms with E-state index >= 15 is 0 Å². The quantitative estimate of drug-likeness (QED) is 0.682. The summed E-state index contributed by atoms with van der Waals surface area (Å²) in [6.45, 7) is 14.6. The van der Waals surface area contributed by atoms with Crippen LogP contribution in [-0.4, -0.2) is 34.4 Å². The molecule has 2 heterocycles. The standard InChI is InChI=1S/C22H27N5O2.C2H6/c1-13-20(14(2)27-26-13)21(29)24-17-8-6-15(7-9-17)10-19(28)25-18-11-16(12-23-18)22(3,4)5;1-2/h6-9,11H,10,12H2,1-5H3,(H,24,29)(H,26,27)(H,23,25,28);1-2H3. The summed E-state index contributed by atoms with van der Waals surface area (Å²) >= 11 is 0. The first-order chi connectivity index (χ1) is 14.6. The van der Waals surface area contributed by atoms with Gasteiger partial charge in [0.25, 0.3) is 5.91 Å². The van der Waals surface area contributed by atoms with Crippen molar-refractivity contribution >= 4 is 23.3 Å². The highest BCUT2D eigenvalue weighted by Crippen LogP contribution is 2.27. The van der Waals surface area contributed by atoms with Crippen LogP contribution in [0.15, 0.2) is 40.9 Å². The van der Waals surface area contributed by atoms with Crippen LogP contribution in [0, 0.1) is 19.3 Å². The normalized spacial score (nSPS) is 13.0. The molecule has 3 N–H and O–H groups in total. The number of aromatic amines is 1. The summed E-state index contributed by atoms with van der Waals surface area (Å²) in [6, 6.07) is 7.24. The maximum absolute atomic E-state index is 12.4. The second-order valence-electron chi connectivity index (χ2n) is 8.31. The fraction of sp³-hybridized carbons (Fsp3) is 0.417. The van der Waals surface area contributed by atoms with Gasteiger partial charge in [0, 0.05) is 11.4 Å². The molecule has 31 heavy (non-hydrogen) atoms. The maximum atomic E-state index is 12.4. The number of aryl methyl sites for hydroxylation is 2. The molecule has 1 aliphatic heterocycles. The number of rotatable bonds is 4. The van der Waals surface area contributed by atoms with Crippen molar-refractivity contribution < 1.29 is 9.59 Å². The van der Waals surface area contributed by atoms with Crippen molar-refractivity contribution in [2.75, 3.05) is 11.9 Å². The van der Waals surface area contributed by atoms with E-state index in [0.717, 1.165) is 11.3 Å². The van der Waals surface area contributed by atoms with Crippen LogP contribution >= 0.6 is 0 Å². The number of anilines is 1. The van der Waals surface area contributed by atoms with E-state index in [1.807, 2.05) is 39.0 Å². The van der Waals surface area contributed by atoms with Crippen LogP contribution in [0.1, 0.15) is 61.9 Å². The van der Waals surface area contributed by atoms with Crippen LogP contribution in [-0.2, 0) is 11.2 Å². The van der Waals surface area contributed by atoms with Crippen LogP contribution in [0.25, 0.3) is 0 Å². The van der Waals surface area contributed by atoms with Crippen molar-refractivity contribution in [3.8, 4) is 0 Å². The second-order valence-corrected chi connectivity index (χ2v) is 8.31. The lowest BCUT2D eigenvalue weighted by molar-refractivity contribution is -0.119. The smallest absolute Gasteiger partial charge is 0.259 e. The zero-order valence-electron chi connectivity index (χ0n) is 19.5. The summed E-state index contributed by atoms with van der Waals surface area (Å²) in [5.41, 5.74) is 4.71. The van der Waals surface area contributed by atoms with Gasteiger partial charge in [-0.15, -0.1) is 0 Å². The van der Waals surface area contributed by atoms with Gasteiger partial charge in [-0.05, 0) is 48.6 Å². The fourth-order valence-corrected chi connectivity index (χ4v) is 3.11. The average molecular weight is 424 g/mol. The summed E-state index contributed by atoms with van der Waals surface area (Å²) in [4.78, 5) is 29.1.